The number of hydrogen-bond donors (Lipinski definition) is 3. The van der Waals surface area contributed by atoms with E-state index in [-0.39, 0.29) is 24.9 Å². The summed E-state index contributed by atoms with van der Waals surface area (Å²) in [5.41, 5.74) is 0. The number of nitrogens with one attached hydrogen (secondary N) is 1. The maximum atomic E-state index is 13.2. The Morgan fingerprint density at radius 1 is 0.468 bits per heavy atom. The zero-order valence-electron chi connectivity index (χ0n) is 41.8. The number of ether oxygens (including phenoxy) is 1. The first-order chi connectivity index (χ1) is 30.5. The molecule has 3 N–H and O–H groups in total. The van der Waals surface area contributed by atoms with Crippen LogP contribution in [0.4, 0.5) is 0 Å². The first-order valence-corrected chi connectivity index (χ1v) is 27.6. The number of carbonyl (C=O) groups excluding carboxylic acids is 2. The average Bonchev–Trinajstić information content (AvgIpc) is 3.26. The van der Waals surface area contributed by atoms with Gasteiger partial charge in [-0.3, -0.25) is 9.59 Å². The lowest BCUT2D eigenvalue weighted by molar-refractivity contribution is -0.151. The van der Waals surface area contributed by atoms with E-state index in [1.165, 1.54) is 193 Å². The fraction of sp³-hybridized carbons (Fsp3) is 0.893. The third kappa shape index (κ3) is 44.9. The summed E-state index contributed by atoms with van der Waals surface area (Å²) in [6.45, 7) is 6.48. The number of amides is 1. The van der Waals surface area contributed by atoms with Crippen LogP contribution >= 0.6 is 0 Å². The lowest BCUT2D eigenvalue weighted by Crippen LogP contribution is -2.46. The van der Waals surface area contributed by atoms with Gasteiger partial charge in [0.05, 0.1) is 25.2 Å². The van der Waals surface area contributed by atoms with Crippen LogP contribution in [0.25, 0.3) is 0 Å². The summed E-state index contributed by atoms with van der Waals surface area (Å²) in [6.07, 6.45) is 58.3. The van der Waals surface area contributed by atoms with Crippen LogP contribution in [0.1, 0.15) is 297 Å². The lowest BCUT2D eigenvalue weighted by atomic mass is 10.0. The van der Waals surface area contributed by atoms with E-state index >= 15 is 0 Å². The van der Waals surface area contributed by atoms with Crippen LogP contribution in [-0.2, 0) is 14.3 Å². The molecule has 3 unspecified atom stereocenters. The molecule has 0 spiro atoms. The van der Waals surface area contributed by atoms with Crippen LogP contribution in [0.2, 0.25) is 0 Å². The van der Waals surface area contributed by atoms with Crippen molar-refractivity contribution in [2.24, 2.45) is 0 Å². The van der Waals surface area contributed by atoms with Gasteiger partial charge in [0.25, 0.3) is 0 Å². The largest absolute Gasteiger partial charge is 0.462 e. The number of aliphatic hydroxyl groups excluding tert-OH is 2. The highest BCUT2D eigenvalue weighted by Crippen LogP contribution is 2.18. The normalized spacial score (nSPS) is 13.3. The molecule has 3 atom stereocenters. The zero-order chi connectivity index (χ0) is 45.2. The molecule has 0 fully saturated rings. The Morgan fingerprint density at radius 3 is 1.23 bits per heavy atom. The quantitative estimate of drug-likeness (QED) is 0.0321. The van der Waals surface area contributed by atoms with Gasteiger partial charge in [-0.15, -0.1) is 0 Å². The molecule has 0 aromatic carbocycles. The standard InChI is InChI=1S/C56H107NO5/c1-4-7-10-13-16-19-22-24-26-27-28-29-30-32-34-37-40-43-46-49-56(61)62-52(47-44-41-38-35-33-31-25-23-20-17-14-11-8-5-2)50-55(60)57-53(51-58)54(59)48-45-42-39-36-21-18-15-12-9-6-3/h31,33,35,38,52-54,58-59H,4-30,32,34,36-37,39-51H2,1-3H3,(H,57,60)/b33-31+,38-35+. The third-order valence-electron chi connectivity index (χ3n) is 12.8. The molecule has 0 bridgehead atoms. The second-order valence-electron chi connectivity index (χ2n) is 19.0. The zero-order valence-corrected chi connectivity index (χ0v) is 41.8. The molecule has 0 saturated heterocycles. The molecule has 0 saturated carbocycles. The van der Waals surface area contributed by atoms with Crippen LogP contribution in [0.3, 0.4) is 0 Å². The molecule has 0 aliphatic heterocycles. The van der Waals surface area contributed by atoms with Crippen molar-refractivity contribution < 1.29 is 24.5 Å². The number of aliphatic hydroxyl groups is 2. The van der Waals surface area contributed by atoms with E-state index in [1.807, 2.05) is 0 Å². The second kappa shape index (κ2) is 50.3. The molecule has 62 heavy (non-hydrogen) atoms. The Morgan fingerprint density at radius 2 is 0.823 bits per heavy atom. The number of hydrogen-bond acceptors (Lipinski definition) is 5. The maximum Gasteiger partial charge on any atom is 0.306 e. The molecule has 6 heteroatoms. The van der Waals surface area contributed by atoms with Gasteiger partial charge in [-0.2, -0.15) is 0 Å². The molecule has 0 rings (SSSR count). The smallest absolute Gasteiger partial charge is 0.306 e. The molecule has 0 heterocycles. The van der Waals surface area contributed by atoms with Crippen molar-refractivity contribution in [2.75, 3.05) is 6.61 Å². The van der Waals surface area contributed by atoms with E-state index < -0.39 is 18.2 Å². The van der Waals surface area contributed by atoms with Gasteiger partial charge < -0.3 is 20.3 Å². The lowest BCUT2D eigenvalue weighted by Gasteiger charge is -2.24. The monoisotopic (exact) mass is 874 g/mol. The summed E-state index contributed by atoms with van der Waals surface area (Å²) in [4.78, 5) is 26.2. The predicted octanol–water partition coefficient (Wildman–Crippen LogP) is 16.7. The summed E-state index contributed by atoms with van der Waals surface area (Å²) in [5, 5.41) is 23.7. The minimum Gasteiger partial charge on any atom is -0.462 e. The van der Waals surface area contributed by atoms with Crippen LogP contribution in [0, 0.1) is 0 Å². The van der Waals surface area contributed by atoms with Gasteiger partial charge in [-0.25, -0.2) is 0 Å². The molecular formula is C56H107NO5. The van der Waals surface area contributed by atoms with Gasteiger partial charge in [-0.05, 0) is 44.9 Å². The van der Waals surface area contributed by atoms with E-state index in [1.54, 1.807) is 0 Å². The summed E-state index contributed by atoms with van der Waals surface area (Å²) in [6, 6.07) is -0.710. The van der Waals surface area contributed by atoms with Crippen LogP contribution in [0.15, 0.2) is 24.3 Å². The van der Waals surface area contributed by atoms with E-state index in [0.717, 1.165) is 57.8 Å². The molecule has 0 aromatic heterocycles. The number of unbranched alkanes of at least 4 members (excludes halogenated alkanes) is 35. The fourth-order valence-electron chi connectivity index (χ4n) is 8.61. The van der Waals surface area contributed by atoms with E-state index in [9.17, 15) is 19.8 Å². The Bertz CT molecular complexity index is 981. The topological polar surface area (TPSA) is 95.9 Å². The van der Waals surface area contributed by atoms with Crippen LogP contribution in [-0.4, -0.2) is 46.9 Å². The number of allylic oxidation sites excluding steroid dienone is 4. The number of rotatable bonds is 50. The van der Waals surface area contributed by atoms with Crippen molar-refractivity contribution >= 4 is 11.9 Å². The van der Waals surface area contributed by atoms with Crippen molar-refractivity contribution in [3.63, 3.8) is 0 Å². The molecule has 0 radical (unpaired) electrons. The highest BCUT2D eigenvalue weighted by molar-refractivity contribution is 5.77. The van der Waals surface area contributed by atoms with Gasteiger partial charge in [0, 0.05) is 6.42 Å². The number of carbonyl (C=O) groups is 2. The van der Waals surface area contributed by atoms with Crippen LogP contribution in [0.5, 0.6) is 0 Å². The maximum absolute atomic E-state index is 13.2. The first-order valence-electron chi connectivity index (χ1n) is 27.6. The van der Waals surface area contributed by atoms with Gasteiger partial charge >= 0.3 is 5.97 Å². The van der Waals surface area contributed by atoms with Gasteiger partial charge in [-0.1, -0.05) is 263 Å². The fourth-order valence-corrected chi connectivity index (χ4v) is 8.61. The Kier molecular flexibility index (Phi) is 49.0. The van der Waals surface area contributed by atoms with Crippen molar-refractivity contribution in [3.05, 3.63) is 24.3 Å². The van der Waals surface area contributed by atoms with Crippen molar-refractivity contribution in [1.29, 1.82) is 0 Å². The molecule has 366 valence electrons. The van der Waals surface area contributed by atoms with Crippen molar-refractivity contribution in [2.45, 2.75) is 315 Å². The summed E-state index contributed by atoms with van der Waals surface area (Å²) in [5.74, 6) is -0.505. The molecular weight excluding hydrogens is 767 g/mol. The highest BCUT2D eigenvalue weighted by Gasteiger charge is 2.24. The first kappa shape index (κ1) is 60.3. The highest BCUT2D eigenvalue weighted by atomic mass is 16.5. The summed E-state index contributed by atoms with van der Waals surface area (Å²) >= 11 is 0. The summed E-state index contributed by atoms with van der Waals surface area (Å²) in [7, 11) is 0. The molecule has 0 aromatic rings. The average molecular weight is 874 g/mol. The van der Waals surface area contributed by atoms with Crippen molar-refractivity contribution in [1.82, 2.24) is 5.32 Å². The SMILES string of the molecule is CCCCCCCCC/C=C/C=C/CCCC(CC(=O)NC(CO)C(O)CCCCCCCCCCCC)OC(=O)CCCCCCCCCCCCCCCCCCCCC. The number of esters is 1. The predicted molar refractivity (Wildman–Crippen MR) is 269 cm³/mol. The van der Waals surface area contributed by atoms with Gasteiger partial charge in [0.2, 0.25) is 5.91 Å². The Hall–Kier alpha value is -1.66. The molecule has 0 aliphatic carbocycles. The van der Waals surface area contributed by atoms with E-state index in [4.69, 9.17) is 4.74 Å². The van der Waals surface area contributed by atoms with Gasteiger partial charge in [0.1, 0.15) is 6.10 Å². The molecule has 6 nitrogen and oxygen atoms in total. The summed E-state index contributed by atoms with van der Waals surface area (Å²) < 4.78 is 5.92. The van der Waals surface area contributed by atoms with E-state index in [0.29, 0.717) is 19.3 Å². The molecule has 0 aliphatic rings. The van der Waals surface area contributed by atoms with Crippen molar-refractivity contribution in [3.8, 4) is 0 Å². The molecule has 1 amide bonds. The minimum atomic E-state index is -0.794. The van der Waals surface area contributed by atoms with Gasteiger partial charge in [0.15, 0.2) is 0 Å². The third-order valence-corrected chi connectivity index (χ3v) is 12.8. The van der Waals surface area contributed by atoms with E-state index in [2.05, 4.69) is 50.4 Å². The Balaban J connectivity index is 4.53. The Labute approximate surface area is 386 Å². The van der Waals surface area contributed by atoms with Crippen LogP contribution < -0.4 is 5.32 Å². The minimum absolute atomic E-state index is 0.0501. The second-order valence-corrected chi connectivity index (χ2v) is 19.0.